The van der Waals surface area contributed by atoms with Crippen molar-refractivity contribution < 1.29 is 9.59 Å². The van der Waals surface area contributed by atoms with E-state index in [0.29, 0.717) is 24.0 Å². The number of amides is 2. The lowest BCUT2D eigenvalue weighted by Crippen LogP contribution is -2.48. The van der Waals surface area contributed by atoms with Crippen molar-refractivity contribution in [1.82, 2.24) is 10.2 Å². The van der Waals surface area contributed by atoms with Gasteiger partial charge in [0, 0.05) is 23.0 Å². The quantitative estimate of drug-likeness (QED) is 0.571. The van der Waals surface area contributed by atoms with Crippen LogP contribution in [0.3, 0.4) is 0 Å². The number of nitrogens with zero attached hydrogens (tertiary/aromatic N) is 1. The van der Waals surface area contributed by atoms with Gasteiger partial charge in [0.2, 0.25) is 11.8 Å². The Morgan fingerprint density at radius 1 is 1.07 bits per heavy atom. The van der Waals surface area contributed by atoms with Crippen molar-refractivity contribution in [1.29, 1.82) is 0 Å². The molecule has 4 nitrogen and oxygen atoms in total. The van der Waals surface area contributed by atoms with Crippen LogP contribution in [0.4, 0.5) is 0 Å². The molecule has 1 N–H and O–H groups in total. The molecule has 0 saturated carbocycles. The van der Waals surface area contributed by atoms with Gasteiger partial charge < -0.3 is 10.2 Å². The van der Waals surface area contributed by atoms with E-state index in [9.17, 15) is 9.59 Å². The molecule has 2 aromatic carbocycles. The topological polar surface area (TPSA) is 49.4 Å². The molecule has 0 aliphatic rings. The predicted octanol–water partition coefficient (Wildman–Crippen LogP) is 4.93. The van der Waals surface area contributed by atoms with Crippen LogP contribution in [0.1, 0.15) is 31.9 Å². The Balaban J connectivity index is 2.13. The summed E-state index contributed by atoms with van der Waals surface area (Å²) in [6.45, 7) is 8.74. The number of thioether (sulfide) groups is 1. The SMILES string of the molecule is Cc1ccc(SCC(=O)N(Cc2ccccc2Cl)C(C)C(=O)NCC(C)C)cc1. The van der Waals surface area contributed by atoms with Gasteiger partial charge in [0.05, 0.1) is 5.75 Å². The van der Waals surface area contributed by atoms with E-state index in [2.05, 4.69) is 5.32 Å². The molecule has 29 heavy (non-hydrogen) atoms. The van der Waals surface area contributed by atoms with E-state index in [1.807, 2.05) is 63.2 Å². The van der Waals surface area contributed by atoms with E-state index < -0.39 is 6.04 Å². The highest BCUT2D eigenvalue weighted by Gasteiger charge is 2.26. The minimum absolute atomic E-state index is 0.0947. The molecule has 1 unspecified atom stereocenters. The molecular weight excluding hydrogens is 404 g/mol. The zero-order chi connectivity index (χ0) is 21.4. The van der Waals surface area contributed by atoms with Gasteiger partial charge in [-0.15, -0.1) is 11.8 Å². The van der Waals surface area contributed by atoms with E-state index in [1.54, 1.807) is 17.9 Å². The van der Waals surface area contributed by atoms with Gasteiger partial charge in [-0.05, 0) is 43.5 Å². The maximum Gasteiger partial charge on any atom is 0.242 e. The number of carbonyl (C=O) groups is 2. The second-order valence-electron chi connectivity index (χ2n) is 7.53. The number of aryl methyl sites for hydroxylation is 1. The largest absolute Gasteiger partial charge is 0.354 e. The molecule has 0 aliphatic heterocycles. The Bertz CT molecular complexity index is 824. The van der Waals surface area contributed by atoms with Crippen LogP contribution in [0.15, 0.2) is 53.4 Å². The highest BCUT2D eigenvalue weighted by Crippen LogP contribution is 2.22. The number of halogens is 1. The van der Waals surface area contributed by atoms with Gasteiger partial charge in [0.25, 0.3) is 0 Å². The molecule has 0 heterocycles. The minimum atomic E-state index is -0.587. The molecule has 0 radical (unpaired) electrons. The molecule has 1 atom stereocenters. The summed E-state index contributed by atoms with van der Waals surface area (Å²) >= 11 is 7.78. The molecule has 0 fully saturated rings. The summed E-state index contributed by atoms with van der Waals surface area (Å²) in [6.07, 6.45) is 0. The summed E-state index contributed by atoms with van der Waals surface area (Å²) in [6, 6.07) is 14.9. The molecule has 2 aromatic rings. The highest BCUT2D eigenvalue weighted by atomic mass is 35.5. The standard InChI is InChI=1S/C23H29ClN2O2S/c1-16(2)13-25-23(28)18(4)26(14-19-7-5-6-8-21(19)24)22(27)15-29-20-11-9-17(3)10-12-20/h5-12,16,18H,13-15H2,1-4H3,(H,25,28). The van der Waals surface area contributed by atoms with E-state index in [1.165, 1.54) is 17.3 Å². The number of benzene rings is 2. The molecule has 0 spiro atoms. The maximum atomic E-state index is 13.1. The van der Waals surface area contributed by atoms with E-state index in [-0.39, 0.29) is 17.6 Å². The second kappa shape index (κ2) is 11.3. The van der Waals surface area contributed by atoms with Gasteiger partial charge in [-0.25, -0.2) is 0 Å². The number of hydrogen-bond acceptors (Lipinski definition) is 3. The lowest BCUT2D eigenvalue weighted by Gasteiger charge is -2.29. The van der Waals surface area contributed by atoms with Crippen molar-refractivity contribution in [3.05, 3.63) is 64.7 Å². The van der Waals surface area contributed by atoms with Crippen LogP contribution in [0.2, 0.25) is 5.02 Å². The van der Waals surface area contributed by atoms with Crippen molar-refractivity contribution in [2.75, 3.05) is 12.3 Å². The fourth-order valence-corrected chi connectivity index (χ4v) is 3.69. The van der Waals surface area contributed by atoms with Crippen molar-refractivity contribution in [3.8, 4) is 0 Å². The third-order valence-corrected chi connectivity index (χ3v) is 5.90. The molecule has 0 saturated heterocycles. The first-order valence-corrected chi connectivity index (χ1v) is 11.1. The minimum Gasteiger partial charge on any atom is -0.354 e. The summed E-state index contributed by atoms with van der Waals surface area (Å²) in [4.78, 5) is 28.3. The predicted molar refractivity (Wildman–Crippen MR) is 121 cm³/mol. The van der Waals surface area contributed by atoms with Crippen LogP contribution in [0.25, 0.3) is 0 Å². The van der Waals surface area contributed by atoms with Crippen LogP contribution >= 0.6 is 23.4 Å². The third-order valence-electron chi connectivity index (χ3n) is 4.53. The average Bonchev–Trinajstić information content (AvgIpc) is 2.70. The fourth-order valence-electron chi connectivity index (χ4n) is 2.71. The second-order valence-corrected chi connectivity index (χ2v) is 8.99. The third kappa shape index (κ3) is 7.41. The fraction of sp³-hybridized carbons (Fsp3) is 0.391. The van der Waals surface area contributed by atoms with Crippen LogP contribution in [0.5, 0.6) is 0 Å². The lowest BCUT2D eigenvalue weighted by molar-refractivity contribution is -0.138. The van der Waals surface area contributed by atoms with Gasteiger partial charge in [0.1, 0.15) is 6.04 Å². The zero-order valence-corrected chi connectivity index (χ0v) is 19.0. The van der Waals surface area contributed by atoms with Crippen molar-refractivity contribution in [2.24, 2.45) is 5.92 Å². The highest BCUT2D eigenvalue weighted by molar-refractivity contribution is 8.00. The van der Waals surface area contributed by atoms with Gasteiger partial charge >= 0.3 is 0 Å². The molecular formula is C23H29ClN2O2S. The van der Waals surface area contributed by atoms with Gasteiger partial charge in [-0.1, -0.05) is 61.3 Å². The van der Waals surface area contributed by atoms with Gasteiger partial charge in [0.15, 0.2) is 0 Å². The first-order chi connectivity index (χ1) is 13.8. The summed E-state index contributed by atoms with van der Waals surface area (Å²) < 4.78 is 0. The number of hydrogen-bond donors (Lipinski definition) is 1. The molecule has 6 heteroatoms. The summed E-state index contributed by atoms with van der Waals surface area (Å²) in [7, 11) is 0. The molecule has 2 amide bonds. The van der Waals surface area contributed by atoms with Crippen LogP contribution in [-0.2, 0) is 16.1 Å². The normalized spacial score (nSPS) is 11.9. The van der Waals surface area contributed by atoms with Crippen molar-refractivity contribution in [3.63, 3.8) is 0 Å². The Labute approximate surface area is 183 Å². The molecule has 0 aromatic heterocycles. The Kier molecular flexibility index (Phi) is 9.05. The van der Waals surface area contributed by atoms with Crippen molar-refractivity contribution in [2.45, 2.75) is 45.2 Å². The number of nitrogens with one attached hydrogen (secondary N) is 1. The molecule has 0 aliphatic carbocycles. The van der Waals surface area contributed by atoms with E-state index >= 15 is 0 Å². The Morgan fingerprint density at radius 2 is 1.72 bits per heavy atom. The van der Waals surface area contributed by atoms with Crippen LogP contribution in [-0.4, -0.2) is 35.1 Å². The summed E-state index contributed by atoms with van der Waals surface area (Å²) in [5.74, 6) is 0.355. The maximum absolute atomic E-state index is 13.1. The lowest BCUT2D eigenvalue weighted by atomic mass is 10.1. The smallest absolute Gasteiger partial charge is 0.242 e. The van der Waals surface area contributed by atoms with Gasteiger partial charge in [-0.2, -0.15) is 0 Å². The molecule has 2 rings (SSSR count). The summed E-state index contributed by atoms with van der Waals surface area (Å²) in [5.41, 5.74) is 2.00. The monoisotopic (exact) mass is 432 g/mol. The number of rotatable bonds is 9. The first kappa shape index (κ1) is 23.3. The van der Waals surface area contributed by atoms with Crippen LogP contribution < -0.4 is 5.32 Å². The zero-order valence-electron chi connectivity index (χ0n) is 17.4. The van der Waals surface area contributed by atoms with Gasteiger partial charge in [-0.3, -0.25) is 9.59 Å². The first-order valence-electron chi connectivity index (χ1n) is 9.78. The Hall–Kier alpha value is -1.98. The number of carbonyl (C=O) groups excluding carboxylic acids is 2. The van der Waals surface area contributed by atoms with E-state index in [0.717, 1.165) is 10.5 Å². The van der Waals surface area contributed by atoms with Crippen LogP contribution in [0, 0.1) is 12.8 Å². The summed E-state index contributed by atoms with van der Waals surface area (Å²) in [5, 5.41) is 3.51. The molecule has 0 bridgehead atoms. The molecule has 156 valence electrons. The average molecular weight is 433 g/mol. The Morgan fingerprint density at radius 3 is 2.34 bits per heavy atom. The van der Waals surface area contributed by atoms with Crippen molar-refractivity contribution >= 4 is 35.2 Å². The van der Waals surface area contributed by atoms with E-state index in [4.69, 9.17) is 11.6 Å².